The molecule has 0 unspecified atom stereocenters. The molecule has 4 heterocycles. The summed E-state index contributed by atoms with van der Waals surface area (Å²) in [6.07, 6.45) is 2.16. The standard InChI is InChI=1S/C38H38N2O2S/c1-36(2,3)22-12-13-24-26(20-22)23-10-8-9-11-25(23)33-30(24)39-34(43-33)27-18-21-19-28-31-29(32(21)42-35(27)41)38(6,7)15-17-40(31)16-14-37(28,4)5/h8-13,18-20H,14-17H2,1-7H3. The van der Waals surface area contributed by atoms with Gasteiger partial charge in [-0.1, -0.05) is 84.9 Å². The average molecular weight is 587 g/mol. The topological polar surface area (TPSA) is 46.3 Å². The molecule has 2 aromatic heterocycles. The number of nitrogens with zero attached hydrogens (tertiary/aromatic N) is 2. The van der Waals surface area contributed by atoms with E-state index in [1.54, 1.807) is 11.3 Å². The van der Waals surface area contributed by atoms with Gasteiger partial charge in [0.15, 0.2) is 0 Å². The fourth-order valence-corrected chi connectivity index (χ4v) is 8.58. The van der Waals surface area contributed by atoms with Crippen LogP contribution < -0.4 is 10.5 Å². The molecule has 2 aliphatic rings. The van der Waals surface area contributed by atoms with Crippen molar-refractivity contribution in [2.75, 3.05) is 18.0 Å². The van der Waals surface area contributed by atoms with Gasteiger partial charge in [0.25, 0.3) is 0 Å². The molecule has 0 bridgehead atoms. The maximum atomic E-state index is 13.9. The van der Waals surface area contributed by atoms with E-state index in [0.29, 0.717) is 5.56 Å². The summed E-state index contributed by atoms with van der Waals surface area (Å²) >= 11 is 1.60. The number of aromatic nitrogens is 1. The second-order valence-corrected chi connectivity index (χ2v) is 16.0. The molecule has 6 aromatic rings. The van der Waals surface area contributed by atoms with Gasteiger partial charge in [0.2, 0.25) is 0 Å². The maximum absolute atomic E-state index is 13.9. The Morgan fingerprint density at radius 3 is 2.33 bits per heavy atom. The lowest BCUT2D eigenvalue weighted by Crippen LogP contribution is -2.44. The SMILES string of the molecule is CC(C)(C)c1ccc2c(c1)c1ccccc1c1sc(-c3cc4cc5c6c(c4oc3=O)C(C)(C)CCN6CCC5(C)C)nc21. The van der Waals surface area contributed by atoms with E-state index in [2.05, 4.69) is 108 Å². The minimum absolute atomic E-state index is 0.0419. The van der Waals surface area contributed by atoms with Crippen molar-refractivity contribution in [3.8, 4) is 10.6 Å². The number of thiazole rings is 1. The van der Waals surface area contributed by atoms with Crippen molar-refractivity contribution >= 4 is 59.8 Å². The third kappa shape index (κ3) is 3.86. The normalized spacial score (nSPS) is 17.7. The molecule has 0 N–H and O–H groups in total. The summed E-state index contributed by atoms with van der Waals surface area (Å²) < 4.78 is 7.44. The Morgan fingerprint density at radius 2 is 1.58 bits per heavy atom. The van der Waals surface area contributed by atoms with Crippen LogP contribution in [0.1, 0.15) is 78.0 Å². The minimum atomic E-state index is -0.311. The molecular formula is C38H38N2O2S. The Kier molecular flexibility index (Phi) is 5.44. The number of hydrogen-bond acceptors (Lipinski definition) is 5. The van der Waals surface area contributed by atoms with Gasteiger partial charge in [-0.2, -0.15) is 0 Å². The second-order valence-electron chi connectivity index (χ2n) is 15.0. The highest BCUT2D eigenvalue weighted by Crippen LogP contribution is 2.52. The number of fused-ring (bicyclic) bond motifs is 8. The lowest BCUT2D eigenvalue weighted by Gasteiger charge is -2.48. The monoisotopic (exact) mass is 586 g/mol. The first-order chi connectivity index (χ1) is 20.3. The summed E-state index contributed by atoms with van der Waals surface area (Å²) in [5, 5.41) is 6.43. The summed E-state index contributed by atoms with van der Waals surface area (Å²) in [6, 6.07) is 19.7. The van der Waals surface area contributed by atoms with Crippen LogP contribution in [0.2, 0.25) is 0 Å². The molecule has 0 spiro atoms. The van der Waals surface area contributed by atoms with E-state index in [1.807, 2.05) is 0 Å². The third-order valence-electron chi connectivity index (χ3n) is 10.2. The molecule has 8 rings (SSSR count). The molecule has 0 fully saturated rings. The summed E-state index contributed by atoms with van der Waals surface area (Å²) in [7, 11) is 0. The molecule has 2 aliphatic heterocycles. The molecule has 0 saturated carbocycles. The lowest BCUT2D eigenvalue weighted by atomic mass is 9.69. The van der Waals surface area contributed by atoms with E-state index in [-0.39, 0.29) is 21.9 Å². The largest absolute Gasteiger partial charge is 0.422 e. The van der Waals surface area contributed by atoms with Crippen LogP contribution in [-0.2, 0) is 16.2 Å². The Hall–Kier alpha value is -3.70. The molecular weight excluding hydrogens is 548 g/mol. The third-order valence-corrected chi connectivity index (χ3v) is 11.3. The van der Waals surface area contributed by atoms with Crippen LogP contribution in [-0.4, -0.2) is 18.1 Å². The van der Waals surface area contributed by atoms with Crippen molar-refractivity contribution < 1.29 is 4.42 Å². The van der Waals surface area contributed by atoms with Crippen LogP contribution in [0, 0.1) is 0 Å². The first-order valence-corrected chi connectivity index (χ1v) is 16.3. The molecule has 0 amide bonds. The van der Waals surface area contributed by atoms with Gasteiger partial charge in [0, 0.05) is 40.5 Å². The Bertz CT molecular complexity index is 2210. The molecule has 0 aliphatic carbocycles. The number of anilines is 1. The lowest BCUT2D eigenvalue weighted by molar-refractivity contribution is 0.398. The Labute approximate surface area is 256 Å². The van der Waals surface area contributed by atoms with Crippen molar-refractivity contribution in [1.29, 1.82) is 0 Å². The van der Waals surface area contributed by atoms with Gasteiger partial charge in [-0.15, -0.1) is 11.3 Å². The van der Waals surface area contributed by atoms with Crippen LogP contribution in [0.3, 0.4) is 0 Å². The fraction of sp³-hybridized carbons (Fsp3) is 0.368. The van der Waals surface area contributed by atoms with Gasteiger partial charge in [-0.25, -0.2) is 9.78 Å². The summed E-state index contributed by atoms with van der Waals surface area (Å²) in [4.78, 5) is 21.6. The van der Waals surface area contributed by atoms with Gasteiger partial charge in [-0.05, 0) is 69.2 Å². The molecule has 43 heavy (non-hydrogen) atoms. The zero-order valence-corrected chi connectivity index (χ0v) is 27.0. The highest BCUT2D eigenvalue weighted by atomic mass is 32.1. The van der Waals surface area contributed by atoms with E-state index in [9.17, 15) is 4.79 Å². The summed E-state index contributed by atoms with van der Waals surface area (Å²) in [5.74, 6) is 0. The molecule has 4 nitrogen and oxygen atoms in total. The average Bonchev–Trinajstić information content (AvgIpc) is 3.40. The van der Waals surface area contributed by atoms with Crippen molar-refractivity contribution in [3.05, 3.63) is 81.7 Å². The fourth-order valence-electron chi connectivity index (χ4n) is 7.46. The molecule has 0 radical (unpaired) electrons. The maximum Gasteiger partial charge on any atom is 0.346 e. The summed E-state index contributed by atoms with van der Waals surface area (Å²) in [6.45, 7) is 18.1. The van der Waals surface area contributed by atoms with Gasteiger partial charge in [0.05, 0.1) is 15.8 Å². The number of rotatable bonds is 1. The molecule has 218 valence electrons. The Morgan fingerprint density at radius 1 is 0.860 bits per heavy atom. The van der Waals surface area contributed by atoms with E-state index in [4.69, 9.17) is 9.40 Å². The zero-order chi connectivity index (χ0) is 30.1. The number of hydrogen-bond donors (Lipinski definition) is 0. The van der Waals surface area contributed by atoms with Gasteiger partial charge in [0.1, 0.15) is 10.6 Å². The van der Waals surface area contributed by atoms with Gasteiger partial charge < -0.3 is 9.32 Å². The van der Waals surface area contributed by atoms with Crippen molar-refractivity contribution in [2.24, 2.45) is 0 Å². The van der Waals surface area contributed by atoms with E-state index in [0.717, 1.165) is 57.5 Å². The quantitative estimate of drug-likeness (QED) is 0.142. The van der Waals surface area contributed by atoms with Gasteiger partial charge in [-0.3, -0.25) is 0 Å². The van der Waals surface area contributed by atoms with Crippen LogP contribution in [0.15, 0.2) is 63.8 Å². The highest BCUT2D eigenvalue weighted by molar-refractivity contribution is 7.22. The minimum Gasteiger partial charge on any atom is -0.422 e. The molecule has 4 aromatic carbocycles. The molecule has 5 heteroatoms. The van der Waals surface area contributed by atoms with E-state index < -0.39 is 0 Å². The van der Waals surface area contributed by atoms with E-state index in [1.165, 1.54) is 38.5 Å². The van der Waals surface area contributed by atoms with Crippen LogP contribution in [0.25, 0.3) is 53.3 Å². The smallest absolute Gasteiger partial charge is 0.346 e. The molecule has 0 saturated heterocycles. The second kappa shape index (κ2) is 8.69. The first kappa shape index (κ1) is 26.9. The number of benzene rings is 4. The van der Waals surface area contributed by atoms with Crippen molar-refractivity contribution in [1.82, 2.24) is 4.98 Å². The van der Waals surface area contributed by atoms with E-state index >= 15 is 0 Å². The Balaban J connectivity index is 1.41. The van der Waals surface area contributed by atoms with Crippen LogP contribution >= 0.6 is 11.3 Å². The van der Waals surface area contributed by atoms with Crippen LogP contribution in [0.5, 0.6) is 0 Å². The van der Waals surface area contributed by atoms with Crippen LogP contribution in [0.4, 0.5) is 5.69 Å². The first-order valence-electron chi connectivity index (χ1n) is 15.5. The van der Waals surface area contributed by atoms with Crippen molar-refractivity contribution in [3.63, 3.8) is 0 Å². The summed E-state index contributed by atoms with van der Waals surface area (Å²) in [5.41, 5.74) is 7.10. The highest BCUT2D eigenvalue weighted by Gasteiger charge is 2.42. The van der Waals surface area contributed by atoms with Gasteiger partial charge >= 0.3 is 5.63 Å². The predicted molar refractivity (Wildman–Crippen MR) is 182 cm³/mol. The van der Waals surface area contributed by atoms with Crippen molar-refractivity contribution in [2.45, 2.75) is 77.6 Å². The zero-order valence-electron chi connectivity index (χ0n) is 26.1. The predicted octanol–water partition coefficient (Wildman–Crippen LogP) is 9.84. The molecule has 0 atom stereocenters.